The molecular weight excluding hydrogens is 733 g/mol. The summed E-state index contributed by atoms with van der Waals surface area (Å²) in [6.07, 6.45) is 0. The van der Waals surface area contributed by atoms with Gasteiger partial charge >= 0.3 is 0 Å². The van der Waals surface area contributed by atoms with E-state index in [1.54, 1.807) is 0 Å². The minimum absolute atomic E-state index is 1.11. The summed E-state index contributed by atoms with van der Waals surface area (Å²) in [5.41, 5.74) is 11.7. The van der Waals surface area contributed by atoms with Gasteiger partial charge in [0.15, 0.2) is 0 Å². The molecule has 2 nitrogen and oxygen atoms in total. The molecule has 0 aliphatic heterocycles. The molecule has 10 aromatic carbocycles. The summed E-state index contributed by atoms with van der Waals surface area (Å²) in [5, 5.41) is 10.2. The Morgan fingerprint density at radius 2 is 0.898 bits per heavy atom. The van der Waals surface area contributed by atoms with Gasteiger partial charge in [-0.2, -0.15) is 0 Å². The molecule has 0 atom stereocenters. The Hall–Kier alpha value is -7.46. The van der Waals surface area contributed by atoms with Crippen LogP contribution in [-0.2, 0) is 0 Å². The first-order chi connectivity index (χ1) is 29.2. The second kappa shape index (κ2) is 13.6. The van der Waals surface area contributed by atoms with E-state index in [2.05, 4.69) is 228 Å². The predicted octanol–water partition coefficient (Wildman–Crippen LogP) is 16.3. The average molecular weight is 769 g/mol. The van der Waals surface area contributed by atoms with Gasteiger partial charge in [-0.05, 0) is 111 Å². The van der Waals surface area contributed by atoms with Crippen LogP contribution in [0.5, 0.6) is 0 Å². The highest BCUT2D eigenvalue weighted by Crippen LogP contribution is 2.44. The van der Waals surface area contributed by atoms with Gasteiger partial charge in [0.25, 0.3) is 0 Å². The Bertz CT molecular complexity index is 3520. The third kappa shape index (κ3) is 5.62. The Morgan fingerprint density at radius 1 is 0.322 bits per heavy atom. The van der Waals surface area contributed by atoms with Gasteiger partial charge < -0.3 is 9.47 Å². The molecule has 2 aromatic heterocycles. The number of anilines is 3. The first-order valence-electron chi connectivity index (χ1n) is 20.2. The zero-order valence-corrected chi connectivity index (χ0v) is 32.9. The van der Waals surface area contributed by atoms with Crippen molar-refractivity contribution in [3.63, 3.8) is 0 Å². The molecule has 0 saturated carbocycles. The third-order valence-electron chi connectivity index (χ3n) is 11.9. The van der Waals surface area contributed by atoms with E-state index in [-0.39, 0.29) is 0 Å². The molecule has 12 aromatic rings. The summed E-state index contributed by atoms with van der Waals surface area (Å²) in [5.74, 6) is 0. The van der Waals surface area contributed by atoms with Crippen molar-refractivity contribution in [1.29, 1.82) is 0 Å². The second-order valence-electron chi connectivity index (χ2n) is 15.4. The molecular formula is C56H36N2S. The molecule has 0 fully saturated rings. The molecule has 0 radical (unpaired) electrons. The molecule has 276 valence electrons. The standard InChI is InChI=1S/C56H36N2S/c1-2-13-40-33-43(24-23-37(40)11-1)42-15-10-16-45(35-42)57(47-30-32-51-52-31-27-39-12-3-4-18-48(39)56(52)59-55(51)36-47)44-28-25-38(26-29-44)41-14-9-17-46(34-41)58-53-21-7-5-19-49(53)50-20-6-8-22-54(50)58/h1-36H. The van der Waals surface area contributed by atoms with Crippen molar-refractivity contribution < 1.29 is 0 Å². The largest absolute Gasteiger partial charge is 0.310 e. The van der Waals surface area contributed by atoms with Crippen molar-refractivity contribution in [2.75, 3.05) is 4.90 Å². The van der Waals surface area contributed by atoms with Crippen molar-refractivity contribution in [2.45, 2.75) is 0 Å². The molecule has 0 N–H and O–H groups in total. The highest BCUT2D eigenvalue weighted by Gasteiger charge is 2.18. The Kier molecular flexibility index (Phi) is 7.75. The Labute approximate surface area is 346 Å². The monoisotopic (exact) mass is 768 g/mol. The van der Waals surface area contributed by atoms with E-state index in [0.29, 0.717) is 0 Å². The number of nitrogens with zero attached hydrogens (tertiary/aromatic N) is 2. The van der Waals surface area contributed by atoms with Crippen LogP contribution < -0.4 is 4.90 Å². The van der Waals surface area contributed by atoms with Gasteiger partial charge in [-0.15, -0.1) is 11.3 Å². The van der Waals surface area contributed by atoms with Gasteiger partial charge in [-0.3, -0.25) is 0 Å². The predicted molar refractivity (Wildman–Crippen MR) is 254 cm³/mol. The molecule has 3 heteroatoms. The smallest absolute Gasteiger partial charge is 0.0541 e. The number of benzene rings is 10. The van der Waals surface area contributed by atoms with Crippen LogP contribution in [0.15, 0.2) is 218 Å². The summed E-state index contributed by atoms with van der Waals surface area (Å²) >= 11 is 1.89. The maximum atomic E-state index is 2.41. The summed E-state index contributed by atoms with van der Waals surface area (Å²) < 4.78 is 5.01. The summed E-state index contributed by atoms with van der Waals surface area (Å²) in [6, 6.07) is 80.0. The van der Waals surface area contributed by atoms with E-state index in [1.807, 2.05) is 11.3 Å². The van der Waals surface area contributed by atoms with Gasteiger partial charge in [0, 0.05) is 53.7 Å². The third-order valence-corrected chi connectivity index (χ3v) is 13.1. The molecule has 59 heavy (non-hydrogen) atoms. The van der Waals surface area contributed by atoms with Gasteiger partial charge in [-0.1, -0.05) is 152 Å². The molecule has 0 aliphatic rings. The van der Waals surface area contributed by atoms with Crippen LogP contribution in [0.3, 0.4) is 0 Å². The van der Waals surface area contributed by atoms with Crippen molar-refractivity contribution in [2.24, 2.45) is 0 Å². The average Bonchev–Trinajstić information content (AvgIpc) is 3.85. The van der Waals surface area contributed by atoms with Gasteiger partial charge in [-0.25, -0.2) is 0 Å². The fraction of sp³-hybridized carbons (Fsp3) is 0. The fourth-order valence-electron chi connectivity index (χ4n) is 9.10. The van der Waals surface area contributed by atoms with Gasteiger partial charge in [0.05, 0.1) is 11.0 Å². The number of fused-ring (bicyclic) bond motifs is 9. The lowest BCUT2D eigenvalue weighted by Crippen LogP contribution is -2.10. The molecule has 0 aliphatic carbocycles. The molecule has 0 unspecified atom stereocenters. The maximum Gasteiger partial charge on any atom is 0.0541 e. The van der Waals surface area contributed by atoms with E-state index in [9.17, 15) is 0 Å². The maximum absolute atomic E-state index is 2.41. The normalized spacial score (nSPS) is 11.7. The lowest BCUT2D eigenvalue weighted by Gasteiger charge is -2.26. The number of rotatable bonds is 6. The number of para-hydroxylation sites is 2. The lowest BCUT2D eigenvalue weighted by atomic mass is 10.00. The zero-order valence-electron chi connectivity index (χ0n) is 32.1. The van der Waals surface area contributed by atoms with E-state index in [0.717, 1.165) is 22.7 Å². The Morgan fingerprint density at radius 3 is 1.69 bits per heavy atom. The van der Waals surface area contributed by atoms with Crippen LogP contribution in [-0.4, -0.2) is 4.57 Å². The first kappa shape index (κ1) is 33.7. The van der Waals surface area contributed by atoms with Gasteiger partial charge in [0.1, 0.15) is 0 Å². The van der Waals surface area contributed by atoms with E-state index >= 15 is 0 Å². The topological polar surface area (TPSA) is 8.17 Å². The fourth-order valence-corrected chi connectivity index (χ4v) is 10.4. The quantitative estimate of drug-likeness (QED) is 0.164. The minimum Gasteiger partial charge on any atom is -0.310 e. The summed E-state index contributed by atoms with van der Waals surface area (Å²) in [6.45, 7) is 0. The van der Waals surface area contributed by atoms with Crippen LogP contribution >= 0.6 is 11.3 Å². The van der Waals surface area contributed by atoms with Crippen molar-refractivity contribution in [1.82, 2.24) is 4.57 Å². The van der Waals surface area contributed by atoms with E-state index in [4.69, 9.17) is 0 Å². The van der Waals surface area contributed by atoms with Gasteiger partial charge in [0.2, 0.25) is 0 Å². The molecule has 0 amide bonds. The van der Waals surface area contributed by atoms with Crippen molar-refractivity contribution in [3.05, 3.63) is 218 Å². The molecule has 0 bridgehead atoms. The summed E-state index contributed by atoms with van der Waals surface area (Å²) in [7, 11) is 0. The van der Waals surface area contributed by atoms with E-state index < -0.39 is 0 Å². The van der Waals surface area contributed by atoms with Crippen LogP contribution in [0.4, 0.5) is 17.1 Å². The van der Waals surface area contributed by atoms with Crippen LogP contribution in [0.25, 0.3) is 91.5 Å². The lowest BCUT2D eigenvalue weighted by molar-refractivity contribution is 1.18. The first-order valence-corrected chi connectivity index (χ1v) is 21.0. The van der Waals surface area contributed by atoms with E-state index in [1.165, 1.54) is 85.8 Å². The highest BCUT2D eigenvalue weighted by atomic mass is 32.1. The molecule has 2 heterocycles. The van der Waals surface area contributed by atoms with Crippen molar-refractivity contribution >= 4 is 91.9 Å². The zero-order chi connectivity index (χ0) is 38.9. The second-order valence-corrected chi connectivity index (χ2v) is 16.4. The Balaban J connectivity index is 0.979. The highest BCUT2D eigenvalue weighted by molar-refractivity contribution is 7.26. The van der Waals surface area contributed by atoms with Crippen LogP contribution in [0.2, 0.25) is 0 Å². The number of thiophene rings is 1. The molecule has 12 rings (SSSR count). The number of hydrogen-bond donors (Lipinski definition) is 0. The number of aromatic nitrogens is 1. The SMILES string of the molecule is c1cc(-c2ccc3ccccc3c2)cc(N(c2ccc(-c3cccc(-n4c5ccccc5c5ccccc54)c3)cc2)c2ccc3c(c2)sc2c4ccccc4ccc32)c1. The summed E-state index contributed by atoms with van der Waals surface area (Å²) in [4.78, 5) is 2.41. The number of hydrogen-bond acceptors (Lipinski definition) is 2. The van der Waals surface area contributed by atoms with Crippen LogP contribution in [0.1, 0.15) is 0 Å². The van der Waals surface area contributed by atoms with Crippen LogP contribution in [0, 0.1) is 0 Å². The molecule has 0 spiro atoms. The van der Waals surface area contributed by atoms with Crippen molar-refractivity contribution in [3.8, 4) is 27.9 Å². The molecule has 0 saturated heterocycles. The minimum atomic E-state index is 1.11.